The predicted molar refractivity (Wildman–Crippen MR) is 265 cm³/mol. The Morgan fingerprint density at radius 3 is 1.08 bits per heavy atom. The molecule has 0 radical (unpaired) electrons. The van der Waals surface area contributed by atoms with Crippen molar-refractivity contribution in [1.29, 1.82) is 0 Å². The van der Waals surface area contributed by atoms with Crippen LogP contribution >= 0.6 is 0 Å². The quantitative estimate of drug-likeness (QED) is 0.0478. The molecule has 4 nitrogen and oxygen atoms in total. The molecule has 0 unspecified atom stereocenters. The monoisotopic (exact) mass is 1020 g/mol. The van der Waals surface area contributed by atoms with Crippen LogP contribution in [0.2, 0.25) is 0 Å². The number of para-hydroxylation sites is 2. The summed E-state index contributed by atoms with van der Waals surface area (Å²) in [5, 5.41) is 23.2. The molecule has 7 rings (SSSR count). The topological polar surface area (TPSA) is 65.2 Å². The van der Waals surface area contributed by atoms with Crippen molar-refractivity contribution in [2.45, 2.75) is 167 Å². The number of phenols is 2. The number of rotatable bonds is 24. The van der Waals surface area contributed by atoms with Gasteiger partial charge in [0.25, 0.3) is 0 Å². The van der Waals surface area contributed by atoms with Crippen molar-refractivity contribution in [2.24, 2.45) is 9.98 Å². The van der Waals surface area contributed by atoms with Gasteiger partial charge in [-0.05, 0) is 107 Å². The molecule has 0 saturated heterocycles. The average molecular weight is 1020 g/mol. The molecule has 0 heterocycles. The van der Waals surface area contributed by atoms with Crippen molar-refractivity contribution in [3.8, 4) is 33.8 Å². The van der Waals surface area contributed by atoms with Gasteiger partial charge in [-0.25, -0.2) is 0 Å². The van der Waals surface area contributed by atoms with E-state index >= 15 is 0 Å². The van der Waals surface area contributed by atoms with E-state index in [9.17, 15) is 10.2 Å². The van der Waals surface area contributed by atoms with E-state index < -0.39 is 0 Å². The van der Waals surface area contributed by atoms with Gasteiger partial charge in [-0.1, -0.05) is 191 Å². The second-order valence-electron chi connectivity index (χ2n) is 18.4. The number of benzene rings is 5. The molecular formula is C58H72N2O2Pt. The van der Waals surface area contributed by atoms with Crippen LogP contribution in [-0.2, 0) is 31.9 Å². The third-order valence-electron chi connectivity index (χ3n) is 14.2. The summed E-state index contributed by atoms with van der Waals surface area (Å²) >= 11 is 0. The first-order valence-corrected chi connectivity index (χ1v) is 24.5. The first-order valence-electron chi connectivity index (χ1n) is 24.5. The van der Waals surface area contributed by atoms with Crippen LogP contribution in [0.1, 0.15) is 189 Å². The fraction of sp³-hybridized carbons (Fsp3) is 0.448. The van der Waals surface area contributed by atoms with Crippen LogP contribution in [-0.4, -0.2) is 22.6 Å². The number of aliphatic imine (C=N–C) groups is 2. The molecule has 0 spiro atoms. The SMILES string of the molecule is CCCCCCC1(CCCCCC)c2ccccc2-c2cc(O)c(C=Nc3ccccc3N=Cc3cc4c(cc3O)-c3ccccc3C4(CCCCCC)CCCCCC)cc21.[Pt]. The van der Waals surface area contributed by atoms with Gasteiger partial charge < -0.3 is 10.2 Å². The Hall–Kier alpha value is -4.27. The molecule has 336 valence electrons. The molecule has 2 aliphatic carbocycles. The summed E-state index contributed by atoms with van der Waals surface area (Å²) in [7, 11) is 0. The molecule has 5 heteroatoms. The minimum Gasteiger partial charge on any atom is -0.507 e. The van der Waals surface area contributed by atoms with Gasteiger partial charge in [0, 0.05) is 55.5 Å². The van der Waals surface area contributed by atoms with E-state index in [0.717, 1.165) is 47.9 Å². The summed E-state index contributed by atoms with van der Waals surface area (Å²) in [5.41, 5.74) is 13.1. The zero-order valence-electron chi connectivity index (χ0n) is 38.6. The smallest absolute Gasteiger partial charge is 0.124 e. The van der Waals surface area contributed by atoms with E-state index in [-0.39, 0.29) is 43.4 Å². The van der Waals surface area contributed by atoms with Gasteiger partial charge in [0.1, 0.15) is 11.5 Å². The summed E-state index contributed by atoms with van der Waals surface area (Å²) in [6, 6.07) is 34.2. The Morgan fingerprint density at radius 2 is 0.730 bits per heavy atom. The summed E-state index contributed by atoms with van der Waals surface area (Å²) in [6.07, 6.45) is 27.7. The van der Waals surface area contributed by atoms with Gasteiger partial charge >= 0.3 is 0 Å². The molecule has 0 amide bonds. The second kappa shape index (κ2) is 23.1. The van der Waals surface area contributed by atoms with Crippen LogP contribution in [0, 0.1) is 0 Å². The van der Waals surface area contributed by atoms with Crippen molar-refractivity contribution in [1.82, 2.24) is 0 Å². The van der Waals surface area contributed by atoms with Crippen LogP contribution < -0.4 is 0 Å². The molecule has 63 heavy (non-hydrogen) atoms. The van der Waals surface area contributed by atoms with Gasteiger partial charge in [-0.2, -0.15) is 0 Å². The Balaban J connectivity index is 0.00000661. The molecule has 0 atom stereocenters. The number of hydrogen-bond acceptors (Lipinski definition) is 4. The fourth-order valence-corrected chi connectivity index (χ4v) is 10.9. The molecule has 0 fully saturated rings. The predicted octanol–water partition coefficient (Wildman–Crippen LogP) is 17.0. The van der Waals surface area contributed by atoms with Gasteiger partial charge in [0.05, 0.1) is 11.4 Å². The third-order valence-corrected chi connectivity index (χ3v) is 14.2. The maximum absolute atomic E-state index is 11.6. The van der Waals surface area contributed by atoms with Gasteiger partial charge in [0.2, 0.25) is 0 Å². The fourth-order valence-electron chi connectivity index (χ4n) is 10.9. The van der Waals surface area contributed by atoms with Crippen LogP contribution in [0.25, 0.3) is 22.3 Å². The number of aromatic hydroxyl groups is 2. The molecule has 2 N–H and O–H groups in total. The average Bonchev–Trinajstić information content (AvgIpc) is 3.70. The number of phenolic OH excluding ortho intramolecular Hbond substituents is 2. The number of nitrogens with zero attached hydrogens (tertiary/aromatic N) is 2. The first-order chi connectivity index (χ1) is 30.4. The van der Waals surface area contributed by atoms with E-state index in [0.29, 0.717) is 11.4 Å². The Labute approximate surface area is 394 Å². The molecule has 5 aromatic rings. The largest absolute Gasteiger partial charge is 0.507 e. The van der Waals surface area contributed by atoms with E-state index in [1.165, 1.54) is 136 Å². The zero-order valence-corrected chi connectivity index (χ0v) is 40.9. The maximum Gasteiger partial charge on any atom is 0.124 e. The van der Waals surface area contributed by atoms with Crippen LogP contribution in [0.15, 0.2) is 107 Å². The number of hydrogen-bond donors (Lipinski definition) is 2. The second-order valence-corrected chi connectivity index (χ2v) is 18.4. The van der Waals surface area contributed by atoms with E-state index in [2.05, 4.69) is 88.4 Å². The van der Waals surface area contributed by atoms with Crippen molar-refractivity contribution in [3.05, 3.63) is 130 Å². The number of fused-ring (bicyclic) bond motifs is 6. The van der Waals surface area contributed by atoms with Crippen molar-refractivity contribution < 1.29 is 31.3 Å². The summed E-state index contributed by atoms with van der Waals surface area (Å²) in [6.45, 7) is 9.13. The summed E-state index contributed by atoms with van der Waals surface area (Å²) in [4.78, 5) is 10.0. The van der Waals surface area contributed by atoms with Crippen molar-refractivity contribution in [3.63, 3.8) is 0 Å². The van der Waals surface area contributed by atoms with E-state index in [1.807, 2.05) is 48.8 Å². The van der Waals surface area contributed by atoms with E-state index in [4.69, 9.17) is 9.98 Å². The minimum absolute atomic E-state index is 0. The molecule has 0 aliphatic heterocycles. The maximum atomic E-state index is 11.6. The molecule has 0 saturated carbocycles. The Morgan fingerprint density at radius 1 is 0.397 bits per heavy atom. The van der Waals surface area contributed by atoms with E-state index in [1.54, 1.807) is 0 Å². The van der Waals surface area contributed by atoms with Crippen LogP contribution in [0.3, 0.4) is 0 Å². The van der Waals surface area contributed by atoms with Gasteiger partial charge in [-0.3, -0.25) is 9.98 Å². The number of unbranched alkanes of at least 4 members (excludes halogenated alkanes) is 12. The summed E-state index contributed by atoms with van der Waals surface area (Å²) in [5.74, 6) is 0.487. The Bertz CT molecular complexity index is 2140. The minimum atomic E-state index is -0.0757. The van der Waals surface area contributed by atoms with Crippen LogP contribution in [0.5, 0.6) is 11.5 Å². The summed E-state index contributed by atoms with van der Waals surface area (Å²) < 4.78 is 0. The standard InChI is InChI=1S/C58H72N2O2.Pt/c1-5-9-13-23-33-57(34-24-14-10-6-2)49-29-19-17-27-45(49)47-39-55(61)43(37-51(47)57)41-59-53-31-21-22-32-54(53)60-42-44-38-52-48(40-56(44)62)46-28-18-20-30-50(46)58(52,35-25-15-11-7-3)36-26-16-12-8-4;/h17-22,27-32,37-42,61-62H,5-16,23-26,33-36H2,1-4H3;. The molecule has 0 aromatic heterocycles. The third kappa shape index (κ3) is 10.5. The first kappa shape index (κ1) is 48.2. The molecular weight excluding hydrogens is 952 g/mol. The Kier molecular flexibility index (Phi) is 17.7. The normalized spacial score (nSPS) is 14.2. The van der Waals surface area contributed by atoms with Gasteiger partial charge in [0.15, 0.2) is 0 Å². The van der Waals surface area contributed by atoms with Crippen molar-refractivity contribution in [2.75, 3.05) is 0 Å². The zero-order chi connectivity index (χ0) is 43.4. The van der Waals surface area contributed by atoms with Crippen LogP contribution in [0.4, 0.5) is 11.4 Å². The molecule has 2 aliphatic rings. The van der Waals surface area contributed by atoms with Gasteiger partial charge in [-0.15, -0.1) is 0 Å². The molecule has 5 aromatic carbocycles. The van der Waals surface area contributed by atoms with Crippen molar-refractivity contribution >= 4 is 23.8 Å². The molecule has 0 bridgehead atoms.